The zero-order chi connectivity index (χ0) is 14.9. The highest BCUT2D eigenvalue weighted by atomic mass is 16.6. The van der Waals surface area contributed by atoms with Crippen molar-refractivity contribution in [3.05, 3.63) is 68.7 Å². The van der Waals surface area contributed by atoms with Gasteiger partial charge in [-0.3, -0.25) is 10.1 Å². The largest absolute Gasteiger partial charge is 0.318 e. The molecule has 0 saturated heterocycles. The minimum Gasteiger partial charge on any atom is -0.318 e. The Morgan fingerprint density at radius 1 is 1.20 bits per heavy atom. The molecule has 1 heterocycles. The lowest BCUT2D eigenvalue weighted by Gasteiger charge is -2.14. The van der Waals surface area contributed by atoms with Gasteiger partial charge in [0.05, 0.1) is 4.92 Å². The number of nitro groups is 1. The predicted octanol–water partition coefficient (Wildman–Crippen LogP) is 3.96. The molecule has 4 nitrogen and oxygen atoms in total. The maximum atomic E-state index is 10.5. The van der Waals surface area contributed by atoms with Crippen molar-refractivity contribution in [1.82, 2.24) is 4.57 Å². The van der Waals surface area contributed by atoms with Gasteiger partial charge in [-0.2, -0.15) is 0 Å². The number of benzene rings is 1. The Hall–Kier alpha value is -2.36. The van der Waals surface area contributed by atoms with Crippen molar-refractivity contribution < 1.29 is 4.92 Å². The standard InChI is InChI=1S/C16H18N2O2/c1-11-6-5-7-16(13(11)3)18-12(2)10-15(14(18)4)8-9-17(19)20/h5-10H,1-4H3/b9-8+. The molecule has 0 unspecified atom stereocenters. The van der Waals surface area contributed by atoms with Crippen LogP contribution in [0.3, 0.4) is 0 Å². The highest BCUT2D eigenvalue weighted by Crippen LogP contribution is 2.25. The quantitative estimate of drug-likeness (QED) is 0.626. The van der Waals surface area contributed by atoms with E-state index >= 15 is 0 Å². The number of aromatic nitrogens is 1. The van der Waals surface area contributed by atoms with Gasteiger partial charge >= 0.3 is 0 Å². The van der Waals surface area contributed by atoms with E-state index in [1.165, 1.54) is 11.1 Å². The van der Waals surface area contributed by atoms with Crippen LogP contribution >= 0.6 is 0 Å². The van der Waals surface area contributed by atoms with Gasteiger partial charge in [-0.05, 0) is 51.0 Å². The van der Waals surface area contributed by atoms with Crippen molar-refractivity contribution in [3.8, 4) is 5.69 Å². The Labute approximate surface area is 118 Å². The second-order valence-corrected chi connectivity index (χ2v) is 4.98. The summed E-state index contributed by atoms with van der Waals surface area (Å²) in [4.78, 5) is 10.0. The smallest absolute Gasteiger partial charge is 0.235 e. The number of nitrogens with zero attached hydrogens (tertiary/aromatic N) is 2. The van der Waals surface area contributed by atoms with Crippen LogP contribution in [-0.2, 0) is 0 Å². The Morgan fingerprint density at radius 3 is 2.55 bits per heavy atom. The second-order valence-electron chi connectivity index (χ2n) is 4.98. The van der Waals surface area contributed by atoms with E-state index in [-0.39, 0.29) is 0 Å². The molecule has 0 N–H and O–H groups in total. The lowest BCUT2D eigenvalue weighted by molar-refractivity contribution is -0.400. The molecule has 4 heteroatoms. The van der Waals surface area contributed by atoms with E-state index in [1.54, 1.807) is 6.08 Å². The fourth-order valence-electron chi connectivity index (χ4n) is 2.45. The molecule has 20 heavy (non-hydrogen) atoms. The van der Waals surface area contributed by atoms with E-state index < -0.39 is 4.92 Å². The zero-order valence-electron chi connectivity index (χ0n) is 12.2. The summed E-state index contributed by atoms with van der Waals surface area (Å²) in [5.74, 6) is 0. The molecule has 0 aliphatic heterocycles. The molecule has 0 atom stereocenters. The fourth-order valence-corrected chi connectivity index (χ4v) is 2.45. The number of hydrogen-bond donors (Lipinski definition) is 0. The average Bonchev–Trinajstić information content (AvgIpc) is 2.66. The normalized spacial score (nSPS) is 11.2. The zero-order valence-corrected chi connectivity index (χ0v) is 12.2. The molecule has 0 spiro atoms. The Morgan fingerprint density at radius 2 is 1.90 bits per heavy atom. The van der Waals surface area contributed by atoms with Crippen LogP contribution in [0, 0.1) is 37.8 Å². The first-order valence-corrected chi connectivity index (χ1v) is 6.49. The molecule has 0 fully saturated rings. The summed E-state index contributed by atoms with van der Waals surface area (Å²) in [5, 5.41) is 10.5. The van der Waals surface area contributed by atoms with Crippen molar-refractivity contribution in [2.45, 2.75) is 27.7 Å². The van der Waals surface area contributed by atoms with Crippen LogP contribution in [0.1, 0.15) is 28.1 Å². The van der Waals surface area contributed by atoms with E-state index in [1.807, 2.05) is 26.0 Å². The second kappa shape index (κ2) is 5.33. The average molecular weight is 270 g/mol. The third kappa shape index (κ3) is 2.50. The van der Waals surface area contributed by atoms with Gasteiger partial charge in [-0.25, -0.2) is 0 Å². The van der Waals surface area contributed by atoms with Gasteiger partial charge in [0.25, 0.3) is 0 Å². The molecule has 1 aromatic heterocycles. The summed E-state index contributed by atoms with van der Waals surface area (Å²) in [6.45, 7) is 8.17. The summed E-state index contributed by atoms with van der Waals surface area (Å²) in [5.41, 5.74) is 6.53. The van der Waals surface area contributed by atoms with Crippen molar-refractivity contribution in [2.24, 2.45) is 0 Å². The maximum absolute atomic E-state index is 10.5. The van der Waals surface area contributed by atoms with Crippen LogP contribution in [0.25, 0.3) is 11.8 Å². The first-order chi connectivity index (χ1) is 9.41. The lowest BCUT2D eigenvalue weighted by atomic mass is 10.1. The number of rotatable bonds is 3. The SMILES string of the molecule is Cc1cccc(-n2c(C)cc(/C=C/[N+](=O)[O-])c2C)c1C. The molecule has 0 saturated carbocycles. The van der Waals surface area contributed by atoms with Gasteiger partial charge in [0.1, 0.15) is 0 Å². The predicted molar refractivity (Wildman–Crippen MR) is 80.7 cm³/mol. The van der Waals surface area contributed by atoms with Gasteiger partial charge in [-0.15, -0.1) is 0 Å². The van der Waals surface area contributed by atoms with Crippen molar-refractivity contribution in [2.75, 3.05) is 0 Å². The summed E-state index contributed by atoms with van der Waals surface area (Å²) >= 11 is 0. The third-order valence-electron chi connectivity index (χ3n) is 3.66. The summed E-state index contributed by atoms with van der Waals surface area (Å²) in [6.07, 6.45) is 2.53. The topological polar surface area (TPSA) is 48.1 Å². The van der Waals surface area contributed by atoms with E-state index in [0.717, 1.165) is 28.8 Å². The van der Waals surface area contributed by atoms with Gasteiger partial charge in [0.15, 0.2) is 0 Å². The Kier molecular flexibility index (Phi) is 3.74. The molecular formula is C16H18N2O2. The van der Waals surface area contributed by atoms with Crippen LogP contribution in [0.2, 0.25) is 0 Å². The number of aryl methyl sites for hydroxylation is 2. The minimum absolute atomic E-state index is 0.440. The minimum atomic E-state index is -0.440. The summed E-state index contributed by atoms with van der Waals surface area (Å²) in [7, 11) is 0. The van der Waals surface area contributed by atoms with Crippen LogP contribution in [0.15, 0.2) is 30.5 Å². The van der Waals surface area contributed by atoms with Gasteiger partial charge < -0.3 is 4.57 Å². The number of hydrogen-bond acceptors (Lipinski definition) is 2. The monoisotopic (exact) mass is 270 g/mol. The molecule has 1 aromatic carbocycles. The third-order valence-corrected chi connectivity index (χ3v) is 3.66. The van der Waals surface area contributed by atoms with E-state index in [0.29, 0.717) is 0 Å². The maximum Gasteiger partial charge on any atom is 0.235 e. The first kappa shape index (κ1) is 14.1. The molecule has 0 aliphatic rings. The molecule has 0 amide bonds. The Balaban J connectivity index is 2.58. The molecular weight excluding hydrogens is 252 g/mol. The van der Waals surface area contributed by atoms with Crippen molar-refractivity contribution in [3.63, 3.8) is 0 Å². The highest BCUT2D eigenvalue weighted by Gasteiger charge is 2.12. The molecule has 2 rings (SSSR count). The van der Waals surface area contributed by atoms with Crippen LogP contribution in [0.5, 0.6) is 0 Å². The van der Waals surface area contributed by atoms with E-state index in [9.17, 15) is 10.1 Å². The van der Waals surface area contributed by atoms with Gasteiger partial charge in [0, 0.05) is 28.7 Å². The first-order valence-electron chi connectivity index (χ1n) is 6.49. The molecule has 0 radical (unpaired) electrons. The van der Waals surface area contributed by atoms with E-state index in [2.05, 4.69) is 30.5 Å². The van der Waals surface area contributed by atoms with Gasteiger partial charge in [0.2, 0.25) is 6.20 Å². The lowest BCUT2D eigenvalue weighted by Crippen LogP contribution is -2.02. The Bertz CT molecular complexity index is 697. The summed E-state index contributed by atoms with van der Waals surface area (Å²) in [6, 6.07) is 8.16. The molecule has 2 aromatic rings. The molecule has 0 aliphatic carbocycles. The van der Waals surface area contributed by atoms with Crippen molar-refractivity contribution >= 4 is 6.08 Å². The molecule has 104 valence electrons. The fraction of sp³-hybridized carbons (Fsp3) is 0.250. The summed E-state index contributed by atoms with van der Waals surface area (Å²) < 4.78 is 2.14. The van der Waals surface area contributed by atoms with Gasteiger partial charge in [-0.1, -0.05) is 12.1 Å². The molecule has 0 bridgehead atoms. The van der Waals surface area contributed by atoms with E-state index in [4.69, 9.17) is 0 Å². The highest BCUT2D eigenvalue weighted by molar-refractivity contribution is 5.57. The van der Waals surface area contributed by atoms with Crippen LogP contribution in [-0.4, -0.2) is 9.49 Å². The van der Waals surface area contributed by atoms with Crippen LogP contribution in [0.4, 0.5) is 0 Å². The van der Waals surface area contributed by atoms with Crippen LogP contribution < -0.4 is 0 Å². The van der Waals surface area contributed by atoms with Crippen molar-refractivity contribution in [1.29, 1.82) is 0 Å².